The van der Waals surface area contributed by atoms with Crippen molar-refractivity contribution < 1.29 is 28.7 Å². The van der Waals surface area contributed by atoms with Crippen molar-refractivity contribution >= 4 is 36.1 Å². The molecule has 0 aromatic carbocycles. The van der Waals surface area contributed by atoms with E-state index in [4.69, 9.17) is 4.74 Å². The fourth-order valence-electron chi connectivity index (χ4n) is 3.62. The molecule has 0 unspecified atom stereocenters. The lowest BCUT2D eigenvalue weighted by Crippen LogP contribution is -2.40. The minimum atomic E-state index is -0.970. The highest BCUT2D eigenvalue weighted by Crippen LogP contribution is 2.33. The highest BCUT2D eigenvalue weighted by atomic mass is 16.6. The van der Waals surface area contributed by atoms with Gasteiger partial charge >= 0.3 is 5.97 Å². The van der Waals surface area contributed by atoms with Crippen molar-refractivity contribution in [3.63, 3.8) is 0 Å². The van der Waals surface area contributed by atoms with Crippen molar-refractivity contribution in [2.75, 3.05) is 6.54 Å². The number of nitrogens with zero attached hydrogens (tertiary/aromatic N) is 1. The summed E-state index contributed by atoms with van der Waals surface area (Å²) >= 11 is 0. The molecule has 0 aromatic rings. The molecular formula is C26H41N3O6. The summed E-state index contributed by atoms with van der Waals surface area (Å²) in [6.45, 7) is 14.2. The monoisotopic (exact) mass is 491 g/mol. The number of nitrogens with one attached hydrogen (secondary N) is 2. The Bertz CT molecular complexity index is 845. The van der Waals surface area contributed by atoms with Gasteiger partial charge < -0.3 is 15.4 Å². The van der Waals surface area contributed by atoms with Gasteiger partial charge in [0.2, 0.25) is 5.91 Å². The van der Waals surface area contributed by atoms with Crippen molar-refractivity contribution in [1.82, 2.24) is 10.6 Å². The second-order valence-corrected chi connectivity index (χ2v) is 10.5. The fourth-order valence-corrected chi connectivity index (χ4v) is 3.62. The Balaban J connectivity index is 2.44. The van der Waals surface area contributed by atoms with Crippen LogP contribution in [0.15, 0.2) is 16.3 Å². The third-order valence-electron chi connectivity index (χ3n) is 5.96. The second kappa shape index (κ2) is 13.3. The van der Waals surface area contributed by atoms with Crippen LogP contribution in [0.3, 0.4) is 0 Å². The van der Waals surface area contributed by atoms with Crippen LogP contribution in [0.25, 0.3) is 0 Å². The van der Waals surface area contributed by atoms with E-state index >= 15 is 0 Å². The van der Waals surface area contributed by atoms with Gasteiger partial charge in [-0.05, 0) is 79.5 Å². The molecule has 1 atom stereocenters. The number of carbonyl (C=O) groups excluding carboxylic acids is 5. The first-order valence-electron chi connectivity index (χ1n) is 12.2. The summed E-state index contributed by atoms with van der Waals surface area (Å²) in [4.78, 5) is 64.1. The molecule has 1 saturated carbocycles. The number of ketones is 2. The van der Waals surface area contributed by atoms with Crippen molar-refractivity contribution in [1.29, 1.82) is 0 Å². The molecule has 2 N–H and O–H groups in total. The summed E-state index contributed by atoms with van der Waals surface area (Å²) in [6.07, 6.45) is 2.97. The van der Waals surface area contributed by atoms with Crippen molar-refractivity contribution in [2.45, 2.75) is 105 Å². The molecule has 1 rings (SSSR count). The third-order valence-corrected chi connectivity index (χ3v) is 5.96. The molecule has 0 saturated heterocycles. The molecule has 9 nitrogen and oxygen atoms in total. The number of allylic oxidation sites excluding steroid dienone is 2. The number of carbonyl (C=O) groups is 5. The number of esters is 1. The minimum absolute atomic E-state index is 0.128. The Kier molecular flexibility index (Phi) is 11.5. The molecule has 0 heterocycles. The Hall–Kier alpha value is -2.84. The zero-order valence-electron chi connectivity index (χ0n) is 22.0. The number of amides is 2. The van der Waals surface area contributed by atoms with Gasteiger partial charge in [0.1, 0.15) is 23.2 Å². The molecule has 0 aliphatic heterocycles. The van der Waals surface area contributed by atoms with E-state index < -0.39 is 23.0 Å². The molecular weight excluding hydrogens is 450 g/mol. The molecule has 9 heteroatoms. The fraction of sp³-hybridized carbons (Fsp3) is 0.692. The second-order valence-electron chi connectivity index (χ2n) is 10.5. The first-order valence-corrected chi connectivity index (χ1v) is 12.2. The van der Waals surface area contributed by atoms with E-state index in [0.717, 1.165) is 0 Å². The van der Waals surface area contributed by atoms with E-state index in [0.29, 0.717) is 43.5 Å². The smallest absolute Gasteiger partial charge is 0.306 e. The molecule has 0 aromatic heterocycles. The lowest BCUT2D eigenvalue weighted by atomic mass is 9.73. The number of unbranched alkanes of at least 4 members (excludes halogenated alkanes) is 1. The summed E-state index contributed by atoms with van der Waals surface area (Å²) in [5.41, 5.74) is -0.171. The normalized spacial score (nSPS) is 16.3. The molecule has 0 spiro atoms. The van der Waals surface area contributed by atoms with Gasteiger partial charge in [-0.1, -0.05) is 0 Å². The first kappa shape index (κ1) is 30.2. The highest BCUT2D eigenvalue weighted by molar-refractivity contribution is 6.10. The van der Waals surface area contributed by atoms with E-state index in [1.165, 1.54) is 0 Å². The summed E-state index contributed by atoms with van der Waals surface area (Å²) in [5, 5.41) is 5.94. The number of aliphatic imine (C=N–C) groups is 1. The number of hydrogen-bond acceptors (Lipinski definition) is 7. The van der Waals surface area contributed by atoms with E-state index in [-0.39, 0.29) is 49.1 Å². The first-order chi connectivity index (χ1) is 16.2. The summed E-state index contributed by atoms with van der Waals surface area (Å²) in [7, 11) is 0. The SMILES string of the molecule is C=NC(=O)[C@H](CCCCNC(=O)CCCC(=O)OC(C)(C)C)NC(C)=C1CC(=O)C(C)(C)C(=O)C1. The minimum Gasteiger partial charge on any atom is -0.460 e. The summed E-state index contributed by atoms with van der Waals surface area (Å²) in [6, 6.07) is -0.621. The highest BCUT2D eigenvalue weighted by Gasteiger charge is 2.40. The molecule has 2 amide bonds. The van der Waals surface area contributed by atoms with Crippen LogP contribution < -0.4 is 10.6 Å². The van der Waals surface area contributed by atoms with E-state index in [2.05, 4.69) is 22.3 Å². The average Bonchev–Trinajstić information content (AvgIpc) is 2.74. The van der Waals surface area contributed by atoms with Crippen LogP contribution >= 0.6 is 0 Å². The summed E-state index contributed by atoms with van der Waals surface area (Å²) in [5.74, 6) is -1.12. The van der Waals surface area contributed by atoms with Crippen molar-refractivity contribution in [2.24, 2.45) is 10.4 Å². The van der Waals surface area contributed by atoms with Crippen molar-refractivity contribution in [3.8, 4) is 0 Å². The topological polar surface area (TPSA) is 131 Å². The summed E-state index contributed by atoms with van der Waals surface area (Å²) < 4.78 is 5.22. The maximum absolute atomic E-state index is 12.3. The Morgan fingerprint density at radius 2 is 1.66 bits per heavy atom. The molecule has 1 aliphatic rings. The van der Waals surface area contributed by atoms with E-state index in [9.17, 15) is 24.0 Å². The van der Waals surface area contributed by atoms with Gasteiger partial charge in [0, 0.05) is 37.9 Å². The zero-order chi connectivity index (χ0) is 26.8. The predicted octanol–water partition coefficient (Wildman–Crippen LogP) is 3.20. The molecule has 1 fully saturated rings. The van der Waals surface area contributed by atoms with Crippen LogP contribution in [0.4, 0.5) is 0 Å². The molecule has 1 aliphatic carbocycles. The van der Waals surface area contributed by atoms with Gasteiger partial charge in [-0.3, -0.25) is 24.0 Å². The van der Waals surface area contributed by atoms with Crippen LogP contribution in [-0.4, -0.2) is 54.3 Å². The zero-order valence-corrected chi connectivity index (χ0v) is 22.0. The van der Waals surface area contributed by atoms with Gasteiger partial charge in [0.05, 0.1) is 5.41 Å². The van der Waals surface area contributed by atoms with Gasteiger partial charge in [-0.25, -0.2) is 4.99 Å². The van der Waals surface area contributed by atoms with E-state index in [1.807, 2.05) is 0 Å². The average molecular weight is 492 g/mol. The Morgan fingerprint density at radius 3 is 2.20 bits per heavy atom. The van der Waals surface area contributed by atoms with Crippen LogP contribution in [0.2, 0.25) is 0 Å². The van der Waals surface area contributed by atoms with Gasteiger partial charge in [0.25, 0.3) is 5.91 Å². The van der Waals surface area contributed by atoms with Gasteiger partial charge in [-0.15, -0.1) is 0 Å². The van der Waals surface area contributed by atoms with E-state index in [1.54, 1.807) is 41.5 Å². The predicted molar refractivity (Wildman–Crippen MR) is 134 cm³/mol. The van der Waals surface area contributed by atoms with Crippen LogP contribution in [0.5, 0.6) is 0 Å². The van der Waals surface area contributed by atoms with Gasteiger partial charge in [0.15, 0.2) is 0 Å². The van der Waals surface area contributed by atoms with Crippen molar-refractivity contribution in [3.05, 3.63) is 11.3 Å². The van der Waals surface area contributed by atoms with Crippen LogP contribution in [0, 0.1) is 5.41 Å². The number of ether oxygens (including phenoxy) is 1. The molecule has 196 valence electrons. The quantitative estimate of drug-likeness (QED) is 0.185. The van der Waals surface area contributed by atoms with Crippen LogP contribution in [-0.2, 0) is 28.7 Å². The number of rotatable bonds is 12. The Morgan fingerprint density at radius 1 is 1.06 bits per heavy atom. The maximum atomic E-state index is 12.3. The number of Topliss-reactive ketones (excluding diaryl/α,β-unsaturated/α-hetero) is 2. The molecule has 35 heavy (non-hydrogen) atoms. The standard InChI is InChI=1S/C26H41N3O6/c1-17(18-15-20(30)26(5,6)21(31)16-18)29-19(24(34)27-7)11-8-9-14-28-22(32)12-10-13-23(33)35-25(2,3)4/h19,29H,7-16H2,1-6H3,(H,28,32)/t19-/m0/s1. The largest absolute Gasteiger partial charge is 0.460 e. The third kappa shape index (κ3) is 10.5. The molecule has 0 bridgehead atoms. The maximum Gasteiger partial charge on any atom is 0.306 e. The van der Waals surface area contributed by atoms with Crippen LogP contribution in [0.1, 0.15) is 92.9 Å². The lowest BCUT2D eigenvalue weighted by Gasteiger charge is -2.29. The molecule has 0 radical (unpaired) electrons. The lowest BCUT2D eigenvalue weighted by molar-refractivity contribution is -0.155. The Labute approximate surface area is 208 Å². The number of hydrogen-bond donors (Lipinski definition) is 2. The van der Waals surface area contributed by atoms with Gasteiger partial charge in [-0.2, -0.15) is 0 Å².